The quantitative estimate of drug-likeness (QED) is 0.648. The van der Waals surface area contributed by atoms with Crippen molar-refractivity contribution in [1.82, 2.24) is 10.6 Å². The summed E-state index contributed by atoms with van der Waals surface area (Å²) in [7, 11) is 0. The van der Waals surface area contributed by atoms with Crippen LogP contribution >= 0.6 is 34.8 Å². The van der Waals surface area contributed by atoms with Gasteiger partial charge in [-0.15, -0.1) is 11.6 Å². The number of ether oxygens (including phenoxy) is 1. The normalized spacial score (nSPS) is 9.82. The first-order chi connectivity index (χ1) is 8.13. The molecule has 0 unspecified atom stereocenters. The van der Waals surface area contributed by atoms with E-state index < -0.39 is 0 Å². The number of amides is 2. The van der Waals surface area contributed by atoms with Gasteiger partial charge in [-0.25, -0.2) is 4.79 Å². The molecule has 0 radical (unpaired) electrons. The van der Waals surface area contributed by atoms with Gasteiger partial charge in [0.25, 0.3) is 0 Å². The second-order valence-electron chi connectivity index (χ2n) is 2.99. The van der Waals surface area contributed by atoms with Gasteiger partial charge in [-0.2, -0.15) is 0 Å². The highest BCUT2D eigenvalue weighted by atomic mass is 35.5. The number of halogens is 3. The Hall–Kier alpha value is -0.840. The van der Waals surface area contributed by atoms with Crippen molar-refractivity contribution in [3.8, 4) is 5.75 Å². The number of alkyl halides is 1. The molecule has 0 aliphatic carbocycles. The van der Waals surface area contributed by atoms with Gasteiger partial charge in [0.2, 0.25) is 0 Å². The molecule has 1 aromatic rings. The third-order valence-electron chi connectivity index (χ3n) is 1.73. The SMILES string of the molecule is O=C(NCCCl)NCOc1ccc(Cl)cc1Cl. The topological polar surface area (TPSA) is 50.4 Å². The van der Waals surface area contributed by atoms with E-state index in [9.17, 15) is 4.79 Å². The van der Waals surface area contributed by atoms with Crippen molar-refractivity contribution in [1.29, 1.82) is 0 Å². The highest BCUT2D eigenvalue weighted by Gasteiger charge is 2.03. The molecule has 94 valence electrons. The Morgan fingerprint density at radius 3 is 2.71 bits per heavy atom. The Bertz CT molecular complexity index is 388. The van der Waals surface area contributed by atoms with Crippen LogP contribution in [0.2, 0.25) is 10.0 Å². The predicted molar refractivity (Wildman–Crippen MR) is 69.2 cm³/mol. The molecule has 0 aromatic heterocycles. The molecule has 0 fully saturated rings. The van der Waals surface area contributed by atoms with E-state index in [1.165, 1.54) is 0 Å². The molecule has 0 aliphatic rings. The van der Waals surface area contributed by atoms with E-state index in [1.807, 2.05) is 0 Å². The Labute approximate surface area is 114 Å². The monoisotopic (exact) mass is 296 g/mol. The zero-order valence-corrected chi connectivity index (χ0v) is 11.1. The van der Waals surface area contributed by atoms with E-state index >= 15 is 0 Å². The second kappa shape index (κ2) is 7.48. The molecule has 1 rings (SSSR count). The molecule has 0 heterocycles. The summed E-state index contributed by atoms with van der Waals surface area (Å²) in [4.78, 5) is 11.1. The van der Waals surface area contributed by atoms with Gasteiger partial charge in [-0.05, 0) is 18.2 Å². The summed E-state index contributed by atoms with van der Waals surface area (Å²) in [6, 6.07) is 4.49. The Balaban J connectivity index is 2.33. The second-order valence-corrected chi connectivity index (χ2v) is 4.21. The van der Waals surface area contributed by atoms with Gasteiger partial charge in [0, 0.05) is 17.4 Å². The first-order valence-electron chi connectivity index (χ1n) is 4.79. The fourth-order valence-electron chi connectivity index (χ4n) is 0.995. The average molecular weight is 298 g/mol. The third kappa shape index (κ3) is 5.35. The predicted octanol–water partition coefficient (Wildman–Crippen LogP) is 2.87. The molecule has 2 amide bonds. The molecule has 1 aromatic carbocycles. The number of carbonyl (C=O) groups excluding carboxylic acids is 1. The number of carbonyl (C=O) groups is 1. The minimum atomic E-state index is -0.351. The highest BCUT2D eigenvalue weighted by molar-refractivity contribution is 6.35. The standard InChI is InChI=1S/C10H11Cl3N2O2/c11-3-4-14-10(16)15-6-17-9-2-1-7(12)5-8(9)13/h1-2,5H,3-4,6H2,(H2,14,15,16). The van der Waals surface area contributed by atoms with Gasteiger partial charge in [0.05, 0.1) is 5.02 Å². The molecule has 17 heavy (non-hydrogen) atoms. The fraction of sp³-hybridized carbons (Fsp3) is 0.300. The smallest absolute Gasteiger partial charge is 0.317 e. The van der Waals surface area contributed by atoms with E-state index in [0.717, 1.165) is 0 Å². The average Bonchev–Trinajstić information content (AvgIpc) is 2.29. The summed E-state index contributed by atoms with van der Waals surface area (Å²) in [5.74, 6) is 0.811. The lowest BCUT2D eigenvalue weighted by atomic mass is 10.3. The van der Waals surface area contributed by atoms with Crippen LogP contribution in [0.3, 0.4) is 0 Å². The van der Waals surface area contributed by atoms with E-state index in [1.54, 1.807) is 18.2 Å². The van der Waals surface area contributed by atoms with Gasteiger partial charge in [0.1, 0.15) is 5.75 Å². The van der Waals surface area contributed by atoms with Crippen LogP contribution in [-0.2, 0) is 0 Å². The van der Waals surface area contributed by atoms with E-state index in [0.29, 0.717) is 28.2 Å². The lowest BCUT2D eigenvalue weighted by Crippen LogP contribution is -2.38. The maximum Gasteiger partial charge on any atom is 0.317 e. The van der Waals surface area contributed by atoms with Gasteiger partial charge in [0.15, 0.2) is 6.73 Å². The lowest BCUT2D eigenvalue weighted by Gasteiger charge is -2.09. The molecule has 0 aliphatic heterocycles. The van der Waals surface area contributed by atoms with Gasteiger partial charge in [-0.3, -0.25) is 0 Å². The van der Waals surface area contributed by atoms with Gasteiger partial charge < -0.3 is 15.4 Å². The van der Waals surface area contributed by atoms with Crippen molar-refractivity contribution >= 4 is 40.8 Å². The Morgan fingerprint density at radius 1 is 1.29 bits per heavy atom. The molecule has 4 nitrogen and oxygen atoms in total. The summed E-state index contributed by atoms with van der Waals surface area (Å²) in [5, 5.41) is 5.92. The minimum Gasteiger partial charge on any atom is -0.472 e. The zero-order chi connectivity index (χ0) is 12.7. The van der Waals surface area contributed by atoms with Crippen molar-refractivity contribution < 1.29 is 9.53 Å². The number of hydrogen-bond donors (Lipinski definition) is 2. The third-order valence-corrected chi connectivity index (χ3v) is 2.45. The summed E-state index contributed by atoms with van der Waals surface area (Å²) in [6.45, 7) is 0.407. The van der Waals surface area contributed by atoms with Crippen molar-refractivity contribution in [3.05, 3.63) is 28.2 Å². The molecule has 2 N–H and O–H groups in total. The van der Waals surface area contributed by atoms with Crippen molar-refractivity contribution in [2.75, 3.05) is 19.2 Å². The molecule has 0 atom stereocenters. The number of urea groups is 1. The van der Waals surface area contributed by atoms with Gasteiger partial charge in [-0.1, -0.05) is 23.2 Å². The minimum absolute atomic E-state index is 0.00940. The summed E-state index contributed by atoms with van der Waals surface area (Å²) in [5.41, 5.74) is 0. The van der Waals surface area contributed by atoms with Crippen LogP contribution in [0.4, 0.5) is 4.79 Å². The lowest BCUT2D eigenvalue weighted by molar-refractivity contribution is 0.224. The van der Waals surface area contributed by atoms with E-state index in [2.05, 4.69) is 10.6 Å². The maximum absolute atomic E-state index is 11.1. The van der Waals surface area contributed by atoms with Crippen LogP contribution in [-0.4, -0.2) is 25.2 Å². The Morgan fingerprint density at radius 2 is 2.06 bits per heavy atom. The summed E-state index contributed by atoms with van der Waals surface area (Å²) < 4.78 is 5.25. The first-order valence-corrected chi connectivity index (χ1v) is 6.08. The first kappa shape index (κ1) is 14.2. The van der Waals surface area contributed by atoms with E-state index in [-0.39, 0.29) is 12.8 Å². The largest absolute Gasteiger partial charge is 0.472 e. The van der Waals surface area contributed by atoms with Crippen LogP contribution in [0.5, 0.6) is 5.75 Å². The molecular weight excluding hydrogens is 286 g/mol. The molecule has 0 bridgehead atoms. The van der Waals surface area contributed by atoms with Crippen LogP contribution in [0.1, 0.15) is 0 Å². The van der Waals surface area contributed by atoms with Crippen LogP contribution in [0.25, 0.3) is 0 Å². The number of hydrogen-bond acceptors (Lipinski definition) is 2. The molecular formula is C10H11Cl3N2O2. The molecule has 0 spiro atoms. The number of rotatable bonds is 5. The zero-order valence-electron chi connectivity index (χ0n) is 8.80. The van der Waals surface area contributed by atoms with E-state index in [4.69, 9.17) is 39.5 Å². The summed E-state index contributed by atoms with van der Waals surface area (Å²) in [6.07, 6.45) is 0. The Kier molecular flexibility index (Phi) is 6.26. The van der Waals surface area contributed by atoms with Crippen molar-refractivity contribution in [3.63, 3.8) is 0 Å². The number of nitrogens with one attached hydrogen (secondary N) is 2. The fourth-order valence-corrected chi connectivity index (χ4v) is 1.55. The molecule has 0 saturated carbocycles. The highest BCUT2D eigenvalue weighted by Crippen LogP contribution is 2.27. The van der Waals surface area contributed by atoms with Crippen LogP contribution in [0.15, 0.2) is 18.2 Å². The molecule has 0 saturated heterocycles. The number of benzene rings is 1. The summed E-state index contributed by atoms with van der Waals surface area (Å²) >= 11 is 17.0. The van der Waals surface area contributed by atoms with Crippen molar-refractivity contribution in [2.24, 2.45) is 0 Å². The van der Waals surface area contributed by atoms with Crippen LogP contribution in [0, 0.1) is 0 Å². The van der Waals surface area contributed by atoms with Gasteiger partial charge >= 0.3 is 6.03 Å². The molecule has 7 heteroatoms. The maximum atomic E-state index is 11.1. The van der Waals surface area contributed by atoms with Crippen molar-refractivity contribution in [2.45, 2.75) is 0 Å². The van der Waals surface area contributed by atoms with Crippen LogP contribution < -0.4 is 15.4 Å².